The third-order valence-corrected chi connectivity index (χ3v) is 4.07. The first-order valence-corrected chi connectivity index (χ1v) is 7.42. The minimum Gasteiger partial charge on any atom is -0.366 e. The number of benzene rings is 1. The molecule has 0 radical (unpaired) electrons. The molecule has 0 aliphatic heterocycles. The number of anilines is 1. The molecule has 116 valence electrons. The molecule has 1 heterocycles. The van der Waals surface area contributed by atoms with Crippen LogP contribution in [0.1, 0.15) is 15.9 Å². The normalized spacial score (nSPS) is 10.7. The maximum Gasteiger partial charge on any atom is 0.317 e. The Morgan fingerprint density at radius 3 is 2.32 bits per heavy atom. The lowest BCUT2D eigenvalue weighted by Gasteiger charge is -2.09. The second kappa shape index (κ2) is 6.59. The predicted molar refractivity (Wildman–Crippen MR) is 88.9 cm³/mol. The molecule has 0 saturated carbocycles. The monoisotopic (exact) mass is 318 g/mol. The van der Waals surface area contributed by atoms with E-state index >= 15 is 0 Å². The van der Waals surface area contributed by atoms with Crippen LogP contribution in [0.15, 0.2) is 30.3 Å². The van der Waals surface area contributed by atoms with Gasteiger partial charge in [-0.3, -0.25) is 10.1 Å². The first-order valence-electron chi connectivity index (χ1n) is 6.61. The third-order valence-electron chi connectivity index (χ3n) is 2.97. The smallest absolute Gasteiger partial charge is 0.317 e. The maximum absolute atomic E-state index is 11.5. The van der Waals surface area contributed by atoms with Gasteiger partial charge < -0.3 is 16.4 Å². The fourth-order valence-electron chi connectivity index (χ4n) is 2.06. The summed E-state index contributed by atoms with van der Waals surface area (Å²) in [6, 6.07) is 8.95. The highest BCUT2D eigenvalue weighted by molar-refractivity contribution is 7.20. The zero-order chi connectivity index (χ0) is 16.3. The molecule has 0 aliphatic rings. The second-order valence-corrected chi connectivity index (χ2v) is 6.19. The number of nitrogens with one attached hydrogen (secondary N) is 1. The summed E-state index contributed by atoms with van der Waals surface area (Å²) in [5.41, 5.74) is 12.8. The average molecular weight is 318 g/mol. The van der Waals surface area contributed by atoms with Crippen molar-refractivity contribution in [3.8, 4) is 10.4 Å². The summed E-state index contributed by atoms with van der Waals surface area (Å²) >= 11 is 1.27. The Bertz CT molecular complexity index is 692. The molecule has 2 aromatic rings. The van der Waals surface area contributed by atoms with Crippen LogP contribution in [-0.4, -0.2) is 30.9 Å². The van der Waals surface area contributed by atoms with Gasteiger partial charge in [0.25, 0.3) is 5.91 Å². The molecule has 6 nitrogen and oxygen atoms in total. The van der Waals surface area contributed by atoms with Crippen molar-refractivity contribution in [2.24, 2.45) is 11.5 Å². The molecule has 3 amide bonds. The Hall–Kier alpha value is -2.38. The van der Waals surface area contributed by atoms with Crippen LogP contribution >= 0.6 is 11.3 Å². The van der Waals surface area contributed by atoms with Crippen LogP contribution in [0, 0.1) is 0 Å². The Kier molecular flexibility index (Phi) is 4.79. The lowest BCUT2D eigenvalue weighted by atomic mass is 10.1. The average Bonchev–Trinajstić information content (AvgIpc) is 2.82. The van der Waals surface area contributed by atoms with E-state index < -0.39 is 11.9 Å². The second-order valence-electron chi connectivity index (χ2n) is 5.14. The van der Waals surface area contributed by atoms with Gasteiger partial charge in [-0.05, 0) is 31.3 Å². The van der Waals surface area contributed by atoms with Crippen LogP contribution in [0.2, 0.25) is 0 Å². The van der Waals surface area contributed by atoms with Gasteiger partial charge >= 0.3 is 6.03 Å². The number of rotatable bonds is 5. The highest BCUT2D eigenvalue weighted by Gasteiger charge is 2.15. The fourth-order valence-corrected chi connectivity index (χ4v) is 3.13. The Morgan fingerprint density at radius 2 is 1.82 bits per heavy atom. The van der Waals surface area contributed by atoms with E-state index in [-0.39, 0.29) is 5.56 Å². The molecule has 1 aromatic heterocycles. The van der Waals surface area contributed by atoms with E-state index in [0.717, 1.165) is 17.0 Å². The van der Waals surface area contributed by atoms with E-state index in [9.17, 15) is 9.59 Å². The third kappa shape index (κ3) is 3.84. The SMILES string of the molecule is CN(C)Cc1ccc(-c2cc(C(N)=O)c(NC(N)=O)s2)cc1. The molecule has 1 aromatic carbocycles. The summed E-state index contributed by atoms with van der Waals surface area (Å²) < 4.78 is 0. The molecular formula is C15H18N4O2S. The van der Waals surface area contributed by atoms with E-state index in [2.05, 4.69) is 10.2 Å². The maximum atomic E-state index is 11.5. The highest BCUT2D eigenvalue weighted by Crippen LogP contribution is 2.35. The van der Waals surface area contributed by atoms with Crippen LogP contribution in [-0.2, 0) is 6.54 Å². The lowest BCUT2D eigenvalue weighted by Crippen LogP contribution is -2.21. The van der Waals surface area contributed by atoms with Crippen LogP contribution in [0.25, 0.3) is 10.4 Å². The van der Waals surface area contributed by atoms with Gasteiger partial charge in [0, 0.05) is 11.4 Å². The van der Waals surface area contributed by atoms with Gasteiger partial charge in [-0.1, -0.05) is 24.3 Å². The van der Waals surface area contributed by atoms with Gasteiger partial charge in [0.1, 0.15) is 5.00 Å². The molecule has 0 fully saturated rings. The molecule has 0 unspecified atom stereocenters. The fraction of sp³-hybridized carbons (Fsp3) is 0.200. The van der Waals surface area contributed by atoms with Crippen LogP contribution in [0.5, 0.6) is 0 Å². The molecule has 22 heavy (non-hydrogen) atoms. The van der Waals surface area contributed by atoms with E-state index in [1.165, 1.54) is 16.9 Å². The molecule has 0 bridgehead atoms. The molecule has 0 saturated heterocycles. The Labute approximate surface area is 132 Å². The number of thiophene rings is 1. The number of nitrogens with two attached hydrogens (primary N) is 2. The number of carbonyl (C=O) groups excluding carboxylic acids is 2. The van der Waals surface area contributed by atoms with Gasteiger partial charge in [-0.25, -0.2) is 4.79 Å². The molecular weight excluding hydrogens is 300 g/mol. The number of nitrogens with zero attached hydrogens (tertiary/aromatic N) is 1. The van der Waals surface area contributed by atoms with E-state index in [1.54, 1.807) is 6.07 Å². The quantitative estimate of drug-likeness (QED) is 0.786. The van der Waals surface area contributed by atoms with Crippen molar-refractivity contribution in [1.82, 2.24) is 4.90 Å². The number of hydrogen-bond acceptors (Lipinski definition) is 4. The van der Waals surface area contributed by atoms with Crippen molar-refractivity contribution in [1.29, 1.82) is 0 Å². The van der Waals surface area contributed by atoms with Gasteiger partial charge in [0.2, 0.25) is 0 Å². The number of primary amides is 2. The van der Waals surface area contributed by atoms with Crippen molar-refractivity contribution in [3.63, 3.8) is 0 Å². The summed E-state index contributed by atoms with van der Waals surface area (Å²) in [7, 11) is 4.02. The van der Waals surface area contributed by atoms with Gasteiger partial charge in [-0.15, -0.1) is 11.3 Å². The highest BCUT2D eigenvalue weighted by atomic mass is 32.1. The summed E-state index contributed by atoms with van der Waals surface area (Å²) in [6.45, 7) is 0.853. The summed E-state index contributed by atoms with van der Waals surface area (Å²) in [5.74, 6) is -0.601. The van der Waals surface area contributed by atoms with Crippen LogP contribution in [0.3, 0.4) is 0 Å². The summed E-state index contributed by atoms with van der Waals surface area (Å²) in [4.78, 5) is 25.4. The lowest BCUT2D eigenvalue weighted by molar-refractivity contribution is 0.100. The number of amides is 3. The van der Waals surface area contributed by atoms with Gasteiger partial charge in [-0.2, -0.15) is 0 Å². The zero-order valence-electron chi connectivity index (χ0n) is 12.4. The van der Waals surface area contributed by atoms with Crippen molar-refractivity contribution >= 4 is 28.3 Å². The standard InChI is InChI=1S/C15H18N4O2S/c1-19(2)8-9-3-5-10(6-4-9)12-7-11(13(16)20)14(22-12)18-15(17)21/h3-7H,8H2,1-2H3,(H2,16,20)(H3,17,18,21). The number of urea groups is 1. The minimum absolute atomic E-state index is 0.260. The van der Waals surface area contributed by atoms with Gasteiger partial charge in [0.15, 0.2) is 0 Å². The Balaban J connectivity index is 2.32. The van der Waals surface area contributed by atoms with Gasteiger partial charge in [0.05, 0.1) is 5.56 Å². The summed E-state index contributed by atoms with van der Waals surface area (Å²) in [5, 5.41) is 2.80. The van der Waals surface area contributed by atoms with E-state index in [1.807, 2.05) is 38.4 Å². The topological polar surface area (TPSA) is 101 Å². The molecule has 2 rings (SSSR count). The first kappa shape index (κ1) is 16.0. The Morgan fingerprint density at radius 1 is 1.18 bits per heavy atom. The van der Waals surface area contributed by atoms with Crippen molar-refractivity contribution in [2.75, 3.05) is 19.4 Å². The number of carbonyl (C=O) groups is 2. The van der Waals surface area contributed by atoms with E-state index in [4.69, 9.17) is 11.5 Å². The predicted octanol–water partition coefficient (Wildman–Crippen LogP) is 2.07. The molecule has 0 spiro atoms. The van der Waals surface area contributed by atoms with Crippen molar-refractivity contribution in [2.45, 2.75) is 6.54 Å². The molecule has 5 N–H and O–H groups in total. The van der Waals surface area contributed by atoms with Crippen LogP contribution < -0.4 is 16.8 Å². The van der Waals surface area contributed by atoms with Crippen molar-refractivity contribution in [3.05, 3.63) is 41.5 Å². The first-order chi connectivity index (χ1) is 10.4. The largest absolute Gasteiger partial charge is 0.366 e. The molecule has 0 atom stereocenters. The number of hydrogen-bond donors (Lipinski definition) is 3. The van der Waals surface area contributed by atoms with E-state index in [0.29, 0.717) is 5.00 Å². The summed E-state index contributed by atoms with van der Waals surface area (Å²) in [6.07, 6.45) is 0. The van der Waals surface area contributed by atoms with Crippen molar-refractivity contribution < 1.29 is 9.59 Å². The van der Waals surface area contributed by atoms with Crippen LogP contribution in [0.4, 0.5) is 9.80 Å². The molecule has 7 heteroatoms. The minimum atomic E-state index is -0.725. The zero-order valence-corrected chi connectivity index (χ0v) is 13.2. The molecule has 0 aliphatic carbocycles.